The van der Waals surface area contributed by atoms with Gasteiger partial charge in [-0.05, 0) is 43.7 Å². The number of aromatic amines is 1. The van der Waals surface area contributed by atoms with E-state index in [1.165, 1.54) is 10.6 Å². The molecule has 0 fully saturated rings. The number of hydrogen-bond donors (Lipinski definition) is 3. The minimum absolute atomic E-state index is 0.152. The fraction of sp³-hybridized carbons (Fsp3) is 0.174. The van der Waals surface area contributed by atoms with Gasteiger partial charge in [0.15, 0.2) is 11.6 Å². The molecule has 162 valence electrons. The summed E-state index contributed by atoms with van der Waals surface area (Å²) in [6, 6.07) is 4.81. The van der Waals surface area contributed by atoms with E-state index in [0.29, 0.717) is 34.2 Å². The Morgan fingerprint density at radius 2 is 2.10 bits per heavy atom. The largest absolute Gasteiger partial charge is 0.454 e. The number of hydrogen-bond acceptors (Lipinski definition) is 4. The molecule has 0 aliphatic heterocycles. The summed E-state index contributed by atoms with van der Waals surface area (Å²) in [4.78, 5) is 15.4. The van der Waals surface area contributed by atoms with Crippen molar-refractivity contribution in [3.05, 3.63) is 93.9 Å². The Morgan fingerprint density at radius 3 is 2.74 bits per heavy atom. The Balaban J connectivity index is 2.26. The lowest BCUT2D eigenvalue weighted by atomic mass is 10.00. The standard InChI is InChI=1S/C23H23F2N3O3/c1-4-6-20(31-21-8-7-14(24)11-19(21)25)17(12-15(5-2)27-30)18-13-28(3)23(29)22-16(18)9-10-26-22/h5-13,26-27,30H,4H2,1-3H3/b15-5+,17-12-,20-6-. The molecule has 2 heterocycles. The van der Waals surface area contributed by atoms with Crippen molar-refractivity contribution in [1.29, 1.82) is 0 Å². The van der Waals surface area contributed by atoms with Gasteiger partial charge in [0.25, 0.3) is 5.56 Å². The van der Waals surface area contributed by atoms with E-state index in [4.69, 9.17) is 4.74 Å². The topological polar surface area (TPSA) is 79.3 Å². The maximum Gasteiger partial charge on any atom is 0.274 e. The van der Waals surface area contributed by atoms with Crippen LogP contribution in [0.4, 0.5) is 8.78 Å². The highest BCUT2D eigenvalue weighted by Crippen LogP contribution is 2.32. The highest BCUT2D eigenvalue weighted by atomic mass is 19.1. The van der Waals surface area contributed by atoms with Gasteiger partial charge >= 0.3 is 0 Å². The number of benzene rings is 1. The maximum absolute atomic E-state index is 14.3. The van der Waals surface area contributed by atoms with E-state index >= 15 is 0 Å². The number of nitrogens with one attached hydrogen (secondary N) is 2. The summed E-state index contributed by atoms with van der Waals surface area (Å²) in [5.74, 6) is -1.43. The second kappa shape index (κ2) is 9.44. The van der Waals surface area contributed by atoms with Gasteiger partial charge in [-0.15, -0.1) is 0 Å². The number of hydroxylamine groups is 1. The van der Waals surface area contributed by atoms with Crippen LogP contribution in [0, 0.1) is 11.6 Å². The number of nitrogens with zero attached hydrogens (tertiary/aromatic N) is 1. The number of ether oxygens (including phenoxy) is 1. The second-order valence-corrected chi connectivity index (χ2v) is 6.79. The summed E-state index contributed by atoms with van der Waals surface area (Å²) in [6.45, 7) is 3.61. The Bertz CT molecular complexity index is 1250. The fourth-order valence-corrected chi connectivity index (χ4v) is 3.17. The average Bonchev–Trinajstić information content (AvgIpc) is 3.24. The van der Waals surface area contributed by atoms with Gasteiger partial charge in [0, 0.05) is 42.0 Å². The van der Waals surface area contributed by atoms with Crippen molar-refractivity contribution in [3.63, 3.8) is 0 Å². The molecule has 1 aromatic carbocycles. The predicted molar refractivity (Wildman–Crippen MR) is 116 cm³/mol. The monoisotopic (exact) mass is 427 g/mol. The molecule has 3 aromatic rings. The zero-order valence-electron chi connectivity index (χ0n) is 17.4. The molecule has 0 atom stereocenters. The molecule has 0 aliphatic carbocycles. The molecule has 0 amide bonds. The van der Waals surface area contributed by atoms with E-state index < -0.39 is 11.6 Å². The van der Waals surface area contributed by atoms with E-state index in [1.807, 2.05) is 6.92 Å². The predicted octanol–water partition coefficient (Wildman–Crippen LogP) is 4.78. The Morgan fingerprint density at radius 1 is 1.32 bits per heavy atom. The van der Waals surface area contributed by atoms with Crippen LogP contribution in [0.15, 0.2) is 71.1 Å². The van der Waals surface area contributed by atoms with E-state index in [-0.39, 0.29) is 17.1 Å². The Labute approximate surface area is 177 Å². The SMILES string of the molecule is C\C=C(/C=C(\C(=C\CC)Oc1ccc(F)cc1F)c1cn(C)c(=O)c2[nH]ccc12)NO. The average molecular weight is 427 g/mol. The highest BCUT2D eigenvalue weighted by molar-refractivity contribution is 5.95. The Kier molecular flexibility index (Phi) is 6.71. The van der Waals surface area contributed by atoms with Crippen molar-refractivity contribution in [2.45, 2.75) is 20.3 Å². The molecule has 0 aliphatic rings. The summed E-state index contributed by atoms with van der Waals surface area (Å²) in [6.07, 6.45) is 8.84. The number of rotatable bonds is 7. The first-order valence-corrected chi connectivity index (χ1v) is 9.68. The van der Waals surface area contributed by atoms with Gasteiger partial charge in [0.05, 0.1) is 5.70 Å². The number of aromatic nitrogens is 2. The number of allylic oxidation sites excluding steroid dienone is 4. The van der Waals surface area contributed by atoms with Crippen LogP contribution >= 0.6 is 0 Å². The molecule has 0 saturated heterocycles. The molecular weight excluding hydrogens is 404 g/mol. The normalized spacial score (nSPS) is 13.0. The smallest absolute Gasteiger partial charge is 0.274 e. The summed E-state index contributed by atoms with van der Waals surface area (Å²) >= 11 is 0. The highest BCUT2D eigenvalue weighted by Gasteiger charge is 2.19. The van der Waals surface area contributed by atoms with Gasteiger partial charge < -0.3 is 14.3 Å². The van der Waals surface area contributed by atoms with Crippen LogP contribution in [0.2, 0.25) is 0 Å². The van der Waals surface area contributed by atoms with Gasteiger partial charge in [-0.25, -0.2) is 8.78 Å². The van der Waals surface area contributed by atoms with Crippen LogP contribution < -0.4 is 15.8 Å². The lowest BCUT2D eigenvalue weighted by Gasteiger charge is -2.17. The number of halogens is 2. The van der Waals surface area contributed by atoms with Crippen molar-refractivity contribution < 1.29 is 18.7 Å². The third-order valence-electron chi connectivity index (χ3n) is 4.69. The molecule has 31 heavy (non-hydrogen) atoms. The minimum atomic E-state index is -0.847. The molecule has 0 spiro atoms. The number of fused-ring (bicyclic) bond motifs is 1. The fourth-order valence-electron chi connectivity index (χ4n) is 3.17. The first-order valence-electron chi connectivity index (χ1n) is 9.68. The second-order valence-electron chi connectivity index (χ2n) is 6.79. The van der Waals surface area contributed by atoms with Gasteiger partial charge in [-0.2, -0.15) is 0 Å². The van der Waals surface area contributed by atoms with E-state index in [2.05, 4.69) is 10.5 Å². The van der Waals surface area contributed by atoms with Crippen molar-refractivity contribution in [2.24, 2.45) is 7.05 Å². The minimum Gasteiger partial charge on any atom is -0.454 e. The third kappa shape index (κ3) is 4.59. The zero-order chi connectivity index (χ0) is 22.5. The molecule has 0 radical (unpaired) electrons. The molecule has 0 saturated carbocycles. The van der Waals surface area contributed by atoms with E-state index in [0.717, 1.165) is 12.1 Å². The van der Waals surface area contributed by atoms with Gasteiger partial charge in [0.1, 0.15) is 17.1 Å². The van der Waals surface area contributed by atoms with Crippen LogP contribution in [-0.4, -0.2) is 14.8 Å². The lowest BCUT2D eigenvalue weighted by molar-refractivity contribution is 0.204. The lowest BCUT2D eigenvalue weighted by Crippen LogP contribution is -2.18. The number of aryl methyl sites for hydroxylation is 1. The molecule has 2 aromatic heterocycles. The summed E-state index contributed by atoms with van der Waals surface area (Å²) < 4.78 is 34.9. The van der Waals surface area contributed by atoms with Gasteiger partial charge in [-0.1, -0.05) is 13.0 Å². The zero-order valence-corrected chi connectivity index (χ0v) is 17.4. The molecule has 6 nitrogen and oxygen atoms in total. The summed E-state index contributed by atoms with van der Waals surface area (Å²) in [5, 5.41) is 10.1. The molecule has 3 rings (SSSR count). The van der Waals surface area contributed by atoms with Crippen LogP contribution in [0.5, 0.6) is 5.75 Å². The van der Waals surface area contributed by atoms with Crippen molar-refractivity contribution in [3.8, 4) is 5.75 Å². The van der Waals surface area contributed by atoms with Gasteiger partial charge in [0.2, 0.25) is 0 Å². The first kappa shape index (κ1) is 22.0. The van der Waals surface area contributed by atoms with Gasteiger partial charge in [-0.3, -0.25) is 15.5 Å². The Hall–Kier alpha value is -3.65. The molecule has 3 N–H and O–H groups in total. The van der Waals surface area contributed by atoms with E-state index in [1.54, 1.807) is 50.7 Å². The summed E-state index contributed by atoms with van der Waals surface area (Å²) in [5.41, 5.74) is 3.76. The van der Waals surface area contributed by atoms with Crippen molar-refractivity contribution in [2.75, 3.05) is 0 Å². The quantitative estimate of drug-likeness (QED) is 0.288. The van der Waals surface area contributed by atoms with Crippen molar-refractivity contribution in [1.82, 2.24) is 15.0 Å². The van der Waals surface area contributed by atoms with Crippen LogP contribution in [0.25, 0.3) is 16.5 Å². The van der Waals surface area contributed by atoms with Crippen LogP contribution in [-0.2, 0) is 7.05 Å². The van der Waals surface area contributed by atoms with Crippen LogP contribution in [0.3, 0.4) is 0 Å². The molecule has 0 unspecified atom stereocenters. The third-order valence-corrected chi connectivity index (χ3v) is 4.69. The number of H-pyrrole nitrogens is 1. The van der Waals surface area contributed by atoms with Crippen molar-refractivity contribution >= 4 is 16.5 Å². The molecule has 8 heteroatoms. The first-order chi connectivity index (χ1) is 14.9. The van der Waals surface area contributed by atoms with Crippen LogP contribution in [0.1, 0.15) is 25.8 Å². The number of pyridine rings is 1. The van der Waals surface area contributed by atoms with E-state index in [9.17, 15) is 18.8 Å². The molecule has 0 bridgehead atoms. The summed E-state index contributed by atoms with van der Waals surface area (Å²) in [7, 11) is 1.62. The maximum atomic E-state index is 14.3. The molecular formula is C23H23F2N3O3.